The quantitative estimate of drug-likeness (QED) is 0.486. The fourth-order valence-corrected chi connectivity index (χ4v) is 4.62. The molecule has 6 heteroatoms. The number of carbonyl (C=O) groups excluding carboxylic acids is 1. The average molecular weight is 468 g/mol. The highest BCUT2D eigenvalue weighted by molar-refractivity contribution is 6.33. The molecule has 166 valence electrons. The Morgan fingerprint density at radius 2 is 1.66 bits per heavy atom. The highest BCUT2D eigenvalue weighted by Crippen LogP contribution is 2.30. The number of piperazine rings is 1. The standard InChI is InChI=1S/C26H27Cl2N3O/c1-18-7-9-22(19(2)15-18)26(32)29-21-8-10-25(24(28)16-21)31-13-11-30(12-14-31)17-20-5-3-4-6-23(20)27/h3-10,15-16H,11-14,17H2,1-2H3,(H,29,32). The molecule has 0 atom stereocenters. The van der Waals surface area contributed by atoms with Crippen molar-refractivity contribution in [3.8, 4) is 0 Å². The van der Waals surface area contributed by atoms with Crippen LogP contribution in [0.3, 0.4) is 0 Å². The minimum Gasteiger partial charge on any atom is -0.368 e. The Morgan fingerprint density at radius 1 is 0.906 bits per heavy atom. The molecule has 1 heterocycles. The van der Waals surface area contributed by atoms with Gasteiger partial charge in [-0.15, -0.1) is 0 Å². The van der Waals surface area contributed by atoms with Crippen molar-refractivity contribution in [1.29, 1.82) is 0 Å². The first-order valence-electron chi connectivity index (χ1n) is 10.8. The second-order valence-corrected chi connectivity index (χ2v) is 9.11. The molecular weight excluding hydrogens is 441 g/mol. The molecule has 0 radical (unpaired) electrons. The molecular formula is C26H27Cl2N3O. The number of hydrogen-bond acceptors (Lipinski definition) is 3. The summed E-state index contributed by atoms with van der Waals surface area (Å²) in [5.41, 5.74) is 5.61. The van der Waals surface area contributed by atoms with Gasteiger partial charge in [0.15, 0.2) is 0 Å². The summed E-state index contributed by atoms with van der Waals surface area (Å²) in [6.07, 6.45) is 0. The molecule has 1 N–H and O–H groups in total. The Balaban J connectivity index is 1.37. The van der Waals surface area contributed by atoms with Crippen molar-refractivity contribution in [1.82, 2.24) is 4.90 Å². The summed E-state index contributed by atoms with van der Waals surface area (Å²) in [5, 5.41) is 4.42. The third-order valence-electron chi connectivity index (χ3n) is 5.90. The van der Waals surface area contributed by atoms with Crippen LogP contribution in [0.2, 0.25) is 10.0 Å². The highest BCUT2D eigenvalue weighted by Gasteiger charge is 2.20. The van der Waals surface area contributed by atoms with E-state index in [0.717, 1.165) is 60.1 Å². The number of benzene rings is 3. The monoisotopic (exact) mass is 467 g/mol. The second-order valence-electron chi connectivity index (χ2n) is 8.29. The zero-order chi connectivity index (χ0) is 22.7. The first-order valence-corrected chi connectivity index (χ1v) is 11.5. The minimum absolute atomic E-state index is 0.125. The number of amides is 1. The first-order chi connectivity index (χ1) is 15.4. The van der Waals surface area contributed by atoms with Gasteiger partial charge in [-0.2, -0.15) is 0 Å². The number of nitrogens with zero attached hydrogens (tertiary/aromatic N) is 2. The number of nitrogens with one attached hydrogen (secondary N) is 1. The molecule has 1 saturated heterocycles. The number of anilines is 2. The molecule has 1 aliphatic heterocycles. The molecule has 0 aromatic heterocycles. The van der Waals surface area contributed by atoms with Crippen LogP contribution < -0.4 is 10.2 Å². The topological polar surface area (TPSA) is 35.6 Å². The molecule has 3 aromatic rings. The molecule has 0 saturated carbocycles. The van der Waals surface area contributed by atoms with Crippen LogP contribution >= 0.6 is 23.2 Å². The molecule has 0 spiro atoms. The maximum atomic E-state index is 12.7. The SMILES string of the molecule is Cc1ccc(C(=O)Nc2ccc(N3CCN(Cc4ccccc4Cl)CC3)c(Cl)c2)c(C)c1. The number of aryl methyl sites for hydroxylation is 2. The largest absolute Gasteiger partial charge is 0.368 e. The van der Waals surface area contributed by atoms with Gasteiger partial charge >= 0.3 is 0 Å². The van der Waals surface area contributed by atoms with Gasteiger partial charge < -0.3 is 10.2 Å². The van der Waals surface area contributed by atoms with Crippen LogP contribution in [0.25, 0.3) is 0 Å². The lowest BCUT2D eigenvalue weighted by molar-refractivity contribution is 0.102. The molecule has 32 heavy (non-hydrogen) atoms. The third-order valence-corrected chi connectivity index (χ3v) is 6.57. The van der Waals surface area contributed by atoms with E-state index in [2.05, 4.69) is 21.2 Å². The predicted molar refractivity (Wildman–Crippen MR) is 134 cm³/mol. The predicted octanol–water partition coefficient (Wildman–Crippen LogP) is 6.18. The van der Waals surface area contributed by atoms with Gasteiger partial charge in [0, 0.05) is 49.0 Å². The summed E-state index contributed by atoms with van der Waals surface area (Å²) >= 11 is 12.9. The zero-order valence-electron chi connectivity index (χ0n) is 18.4. The van der Waals surface area contributed by atoms with E-state index in [1.54, 1.807) is 0 Å². The van der Waals surface area contributed by atoms with Crippen molar-refractivity contribution >= 4 is 40.5 Å². The second kappa shape index (κ2) is 9.95. The van der Waals surface area contributed by atoms with Gasteiger partial charge in [-0.05, 0) is 55.3 Å². The van der Waals surface area contributed by atoms with E-state index in [4.69, 9.17) is 23.2 Å². The Hall–Kier alpha value is -2.53. The fraction of sp³-hybridized carbons (Fsp3) is 0.269. The number of carbonyl (C=O) groups is 1. The van der Waals surface area contributed by atoms with Gasteiger partial charge in [-0.25, -0.2) is 0 Å². The third kappa shape index (κ3) is 5.26. The molecule has 1 fully saturated rings. The first kappa shape index (κ1) is 22.7. The summed E-state index contributed by atoms with van der Waals surface area (Å²) in [6, 6.07) is 19.6. The number of hydrogen-bond donors (Lipinski definition) is 1. The van der Waals surface area contributed by atoms with Crippen LogP contribution in [0, 0.1) is 13.8 Å². The van der Waals surface area contributed by atoms with Crippen molar-refractivity contribution in [2.75, 3.05) is 36.4 Å². The van der Waals surface area contributed by atoms with Crippen LogP contribution in [-0.4, -0.2) is 37.0 Å². The molecule has 4 rings (SSSR count). The van der Waals surface area contributed by atoms with Gasteiger partial charge in [0.1, 0.15) is 0 Å². The molecule has 0 aliphatic carbocycles. The number of halogens is 2. The van der Waals surface area contributed by atoms with Gasteiger partial charge in [0.2, 0.25) is 0 Å². The van der Waals surface area contributed by atoms with E-state index < -0.39 is 0 Å². The molecule has 0 bridgehead atoms. The van der Waals surface area contributed by atoms with E-state index in [9.17, 15) is 4.79 Å². The molecule has 1 aliphatic rings. The molecule has 4 nitrogen and oxygen atoms in total. The van der Waals surface area contributed by atoms with Gasteiger partial charge in [0.25, 0.3) is 5.91 Å². The smallest absolute Gasteiger partial charge is 0.255 e. The summed E-state index contributed by atoms with van der Waals surface area (Å²) in [5.74, 6) is -0.125. The lowest BCUT2D eigenvalue weighted by atomic mass is 10.1. The van der Waals surface area contributed by atoms with E-state index in [0.29, 0.717) is 16.3 Å². The van der Waals surface area contributed by atoms with Gasteiger partial charge in [-0.1, -0.05) is 59.1 Å². The Labute approximate surface area is 199 Å². The Bertz CT molecular complexity index is 1120. The maximum absolute atomic E-state index is 12.7. The van der Waals surface area contributed by atoms with E-state index in [-0.39, 0.29) is 5.91 Å². The van der Waals surface area contributed by atoms with Crippen molar-refractivity contribution in [3.05, 3.63) is 93.0 Å². The lowest BCUT2D eigenvalue weighted by Crippen LogP contribution is -2.46. The van der Waals surface area contributed by atoms with E-state index in [1.165, 1.54) is 0 Å². The summed E-state index contributed by atoms with van der Waals surface area (Å²) < 4.78 is 0. The van der Waals surface area contributed by atoms with E-state index in [1.807, 2.05) is 68.4 Å². The van der Waals surface area contributed by atoms with Crippen molar-refractivity contribution < 1.29 is 4.79 Å². The van der Waals surface area contributed by atoms with E-state index >= 15 is 0 Å². The van der Waals surface area contributed by atoms with Crippen molar-refractivity contribution in [2.45, 2.75) is 20.4 Å². The van der Waals surface area contributed by atoms with Crippen LogP contribution in [0.1, 0.15) is 27.0 Å². The molecule has 0 unspecified atom stereocenters. The summed E-state index contributed by atoms with van der Waals surface area (Å²) in [6.45, 7) is 8.47. The van der Waals surface area contributed by atoms with Crippen LogP contribution in [0.5, 0.6) is 0 Å². The van der Waals surface area contributed by atoms with Crippen LogP contribution in [-0.2, 0) is 6.54 Å². The van der Waals surface area contributed by atoms with Crippen molar-refractivity contribution in [3.63, 3.8) is 0 Å². The Morgan fingerprint density at radius 3 is 2.34 bits per heavy atom. The minimum atomic E-state index is -0.125. The van der Waals surface area contributed by atoms with Crippen molar-refractivity contribution in [2.24, 2.45) is 0 Å². The average Bonchev–Trinajstić information content (AvgIpc) is 2.76. The molecule has 1 amide bonds. The van der Waals surface area contributed by atoms with Crippen LogP contribution in [0.15, 0.2) is 60.7 Å². The fourth-order valence-electron chi connectivity index (χ4n) is 4.12. The van der Waals surface area contributed by atoms with Gasteiger partial charge in [0.05, 0.1) is 10.7 Å². The highest BCUT2D eigenvalue weighted by atomic mass is 35.5. The van der Waals surface area contributed by atoms with Crippen LogP contribution in [0.4, 0.5) is 11.4 Å². The lowest BCUT2D eigenvalue weighted by Gasteiger charge is -2.36. The normalized spacial score (nSPS) is 14.4. The summed E-state index contributed by atoms with van der Waals surface area (Å²) in [7, 11) is 0. The number of rotatable bonds is 5. The zero-order valence-corrected chi connectivity index (χ0v) is 19.9. The Kier molecular flexibility index (Phi) is 7.04. The molecule has 3 aromatic carbocycles. The maximum Gasteiger partial charge on any atom is 0.255 e. The summed E-state index contributed by atoms with van der Waals surface area (Å²) in [4.78, 5) is 17.4. The van der Waals surface area contributed by atoms with Gasteiger partial charge in [-0.3, -0.25) is 9.69 Å².